The molecule has 0 saturated carbocycles. The van der Waals surface area contributed by atoms with E-state index in [1.165, 1.54) is 0 Å². The maximum Gasteiger partial charge on any atom is 0.251 e. The monoisotopic (exact) mass is 443 g/mol. The van der Waals surface area contributed by atoms with Gasteiger partial charge >= 0.3 is 0 Å². The maximum atomic E-state index is 12.9. The number of benzene rings is 2. The van der Waals surface area contributed by atoms with Crippen molar-refractivity contribution in [2.24, 2.45) is 5.41 Å². The second-order valence-corrected chi connectivity index (χ2v) is 9.09. The van der Waals surface area contributed by atoms with E-state index in [0.717, 1.165) is 18.7 Å². The van der Waals surface area contributed by atoms with Gasteiger partial charge in [-0.05, 0) is 29.8 Å². The van der Waals surface area contributed by atoms with E-state index in [4.69, 9.17) is 16.3 Å². The summed E-state index contributed by atoms with van der Waals surface area (Å²) in [7, 11) is 0. The van der Waals surface area contributed by atoms with E-state index in [2.05, 4.69) is 15.5 Å². The van der Waals surface area contributed by atoms with Crippen LogP contribution >= 0.6 is 11.6 Å². The molecule has 31 heavy (non-hydrogen) atoms. The Morgan fingerprint density at radius 3 is 2.48 bits per heavy atom. The average molecular weight is 444 g/mol. The molecule has 0 aromatic heterocycles. The summed E-state index contributed by atoms with van der Waals surface area (Å²) in [4.78, 5) is 27.4. The van der Waals surface area contributed by atoms with Gasteiger partial charge in [0.05, 0.1) is 19.3 Å². The van der Waals surface area contributed by atoms with Crippen molar-refractivity contribution < 1.29 is 14.3 Å². The van der Waals surface area contributed by atoms with Crippen LogP contribution < -0.4 is 10.6 Å². The number of morpholine rings is 1. The second kappa shape index (κ2) is 10.3. The zero-order valence-electron chi connectivity index (χ0n) is 18.3. The number of nitrogens with one attached hydrogen (secondary N) is 2. The number of carbonyl (C=O) groups excluding carboxylic acids is 2. The Morgan fingerprint density at radius 2 is 1.81 bits per heavy atom. The number of nitrogens with zero attached hydrogens (tertiary/aromatic N) is 1. The predicted octanol–water partition coefficient (Wildman–Crippen LogP) is 4.13. The lowest BCUT2D eigenvalue weighted by Crippen LogP contribution is -2.44. The van der Waals surface area contributed by atoms with Crippen molar-refractivity contribution in [3.8, 4) is 0 Å². The van der Waals surface area contributed by atoms with Gasteiger partial charge in [-0.2, -0.15) is 0 Å². The van der Waals surface area contributed by atoms with E-state index < -0.39 is 5.41 Å². The Kier molecular flexibility index (Phi) is 7.70. The molecule has 3 rings (SSSR count). The molecule has 166 valence electrons. The average Bonchev–Trinajstić information content (AvgIpc) is 2.75. The van der Waals surface area contributed by atoms with Gasteiger partial charge in [0.25, 0.3) is 5.91 Å². The molecular weight excluding hydrogens is 414 g/mol. The van der Waals surface area contributed by atoms with Crippen LogP contribution in [0.1, 0.15) is 42.7 Å². The number of carbonyl (C=O) groups is 2. The molecule has 0 aliphatic carbocycles. The highest BCUT2D eigenvalue weighted by atomic mass is 35.5. The van der Waals surface area contributed by atoms with Crippen LogP contribution in [-0.2, 0) is 9.53 Å². The molecule has 1 aliphatic heterocycles. The third-order valence-electron chi connectivity index (χ3n) is 5.27. The normalized spacial score (nSPS) is 15.9. The molecular formula is C24H30ClN3O3. The van der Waals surface area contributed by atoms with Crippen molar-refractivity contribution in [1.29, 1.82) is 0 Å². The highest BCUT2D eigenvalue weighted by Crippen LogP contribution is 2.28. The standard InChI is InChI=1S/C24H30ClN3O3/c1-24(2,3)23(30)27-18-8-6-7-17(15-18)22(29)26-16-21(28-11-13-31-14-12-28)19-9-4-5-10-20(19)25/h4-10,15,21H,11-14,16H2,1-3H3,(H,26,29)(H,27,30). The Labute approximate surface area is 188 Å². The van der Waals surface area contributed by atoms with Gasteiger partial charge in [-0.1, -0.05) is 56.6 Å². The van der Waals surface area contributed by atoms with Crippen molar-refractivity contribution in [3.05, 3.63) is 64.7 Å². The molecule has 2 aromatic carbocycles. The molecule has 6 nitrogen and oxygen atoms in total. The molecule has 0 spiro atoms. The highest BCUT2D eigenvalue weighted by Gasteiger charge is 2.25. The topological polar surface area (TPSA) is 70.7 Å². The first-order chi connectivity index (χ1) is 14.8. The van der Waals surface area contributed by atoms with E-state index >= 15 is 0 Å². The van der Waals surface area contributed by atoms with Gasteiger partial charge in [0.2, 0.25) is 5.91 Å². The lowest BCUT2D eigenvalue weighted by Gasteiger charge is -2.35. The van der Waals surface area contributed by atoms with Crippen LogP contribution in [0.25, 0.3) is 0 Å². The number of hydrogen-bond acceptors (Lipinski definition) is 4. The van der Waals surface area contributed by atoms with Crippen molar-refractivity contribution in [3.63, 3.8) is 0 Å². The van der Waals surface area contributed by atoms with Crippen molar-refractivity contribution in [1.82, 2.24) is 10.2 Å². The third kappa shape index (κ3) is 6.29. The van der Waals surface area contributed by atoms with Crippen LogP contribution in [0.2, 0.25) is 5.02 Å². The number of anilines is 1. The summed E-state index contributed by atoms with van der Waals surface area (Å²) in [6.45, 7) is 8.83. The highest BCUT2D eigenvalue weighted by molar-refractivity contribution is 6.31. The Morgan fingerprint density at radius 1 is 1.10 bits per heavy atom. The van der Waals surface area contributed by atoms with Gasteiger partial charge < -0.3 is 15.4 Å². The quantitative estimate of drug-likeness (QED) is 0.704. The van der Waals surface area contributed by atoms with E-state index in [0.29, 0.717) is 36.0 Å². The number of halogens is 1. The fourth-order valence-electron chi connectivity index (χ4n) is 3.42. The number of amides is 2. The Balaban J connectivity index is 1.71. The van der Waals surface area contributed by atoms with Crippen LogP contribution in [0.4, 0.5) is 5.69 Å². The lowest BCUT2D eigenvalue weighted by molar-refractivity contribution is -0.123. The summed E-state index contributed by atoms with van der Waals surface area (Å²) in [5.74, 6) is -0.298. The molecule has 1 heterocycles. The zero-order valence-corrected chi connectivity index (χ0v) is 19.0. The first-order valence-electron chi connectivity index (χ1n) is 10.5. The molecule has 1 aliphatic rings. The van der Waals surface area contributed by atoms with E-state index in [1.54, 1.807) is 24.3 Å². The van der Waals surface area contributed by atoms with Crippen molar-refractivity contribution >= 4 is 29.1 Å². The smallest absolute Gasteiger partial charge is 0.251 e. The van der Waals surface area contributed by atoms with Crippen molar-refractivity contribution in [2.45, 2.75) is 26.8 Å². The summed E-state index contributed by atoms with van der Waals surface area (Å²) < 4.78 is 5.48. The second-order valence-electron chi connectivity index (χ2n) is 8.68. The first-order valence-corrected chi connectivity index (χ1v) is 10.9. The van der Waals surface area contributed by atoms with Gasteiger partial charge in [-0.3, -0.25) is 14.5 Å². The van der Waals surface area contributed by atoms with Gasteiger partial charge in [0, 0.05) is 41.3 Å². The molecule has 1 fully saturated rings. The minimum absolute atomic E-state index is 0.0506. The molecule has 1 atom stereocenters. The largest absolute Gasteiger partial charge is 0.379 e. The van der Waals surface area contributed by atoms with Gasteiger partial charge in [-0.15, -0.1) is 0 Å². The third-order valence-corrected chi connectivity index (χ3v) is 5.61. The molecule has 2 N–H and O–H groups in total. The minimum Gasteiger partial charge on any atom is -0.379 e. The Hall–Kier alpha value is -2.41. The summed E-state index contributed by atoms with van der Waals surface area (Å²) >= 11 is 6.47. The molecule has 0 radical (unpaired) electrons. The molecule has 1 unspecified atom stereocenters. The number of rotatable bonds is 6. The number of ether oxygens (including phenoxy) is 1. The van der Waals surface area contributed by atoms with Crippen molar-refractivity contribution in [2.75, 3.05) is 38.2 Å². The minimum atomic E-state index is -0.515. The molecule has 2 aromatic rings. The summed E-state index contributed by atoms with van der Waals surface area (Å²) in [6.07, 6.45) is 0. The Bertz CT molecular complexity index is 920. The van der Waals surface area contributed by atoms with Crippen LogP contribution in [0.15, 0.2) is 48.5 Å². The SMILES string of the molecule is CC(C)(C)C(=O)Nc1cccc(C(=O)NCC(c2ccccc2Cl)N2CCOCC2)c1. The molecule has 1 saturated heterocycles. The van der Waals surface area contributed by atoms with Gasteiger partial charge in [0.15, 0.2) is 0 Å². The van der Waals surface area contributed by atoms with E-state index in [9.17, 15) is 9.59 Å². The molecule has 2 amide bonds. The van der Waals surface area contributed by atoms with Crippen LogP contribution in [0, 0.1) is 5.41 Å². The fourth-order valence-corrected chi connectivity index (χ4v) is 3.68. The van der Waals surface area contributed by atoms with Crippen LogP contribution in [-0.4, -0.2) is 49.6 Å². The molecule has 0 bridgehead atoms. The van der Waals surface area contributed by atoms with Gasteiger partial charge in [0.1, 0.15) is 0 Å². The summed E-state index contributed by atoms with van der Waals surface area (Å²) in [5.41, 5.74) is 1.56. The van der Waals surface area contributed by atoms with E-state index in [1.807, 2.05) is 45.0 Å². The lowest BCUT2D eigenvalue weighted by atomic mass is 9.95. The first kappa shape index (κ1) is 23.3. The predicted molar refractivity (Wildman–Crippen MR) is 123 cm³/mol. The molecule has 7 heteroatoms. The van der Waals surface area contributed by atoms with E-state index in [-0.39, 0.29) is 17.9 Å². The summed E-state index contributed by atoms with van der Waals surface area (Å²) in [5, 5.41) is 6.59. The zero-order chi connectivity index (χ0) is 22.4. The summed E-state index contributed by atoms with van der Waals surface area (Å²) in [6, 6.07) is 14.6. The number of hydrogen-bond donors (Lipinski definition) is 2. The van der Waals surface area contributed by atoms with Crippen LogP contribution in [0.3, 0.4) is 0 Å². The van der Waals surface area contributed by atoms with Gasteiger partial charge in [-0.25, -0.2) is 0 Å². The fraction of sp³-hybridized carbons (Fsp3) is 0.417. The maximum absolute atomic E-state index is 12.9. The van der Waals surface area contributed by atoms with Crippen LogP contribution in [0.5, 0.6) is 0 Å².